The minimum atomic E-state index is -0.134. The first-order chi connectivity index (χ1) is 13.1. The first kappa shape index (κ1) is 17.0. The van der Waals surface area contributed by atoms with Gasteiger partial charge in [-0.1, -0.05) is 30.3 Å². The van der Waals surface area contributed by atoms with Crippen LogP contribution in [0.5, 0.6) is 0 Å². The van der Waals surface area contributed by atoms with Crippen LogP contribution in [0.15, 0.2) is 67.1 Å². The van der Waals surface area contributed by atoms with Crippen molar-refractivity contribution in [1.29, 1.82) is 0 Å². The van der Waals surface area contributed by atoms with Crippen molar-refractivity contribution in [2.45, 2.75) is 26.4 Å². The van der Waals surface area contributed by atoms with Crippen molar-refractivity contribution >= 4 is 16.9 Å². The molecule has 27 heavy (non-hydrogen) atoms. The van der Waals surface area contributed by atoms with Crippen LogP contribution in [0, 0.1) is 6.92 Å². The largest absolute Gasteiger partial charge is 0.348 e. The van der Waals surface area contributed by atoms with Crippen LogP contribution < -0.4 is 5.32 Å². The molecule has 2 aromatic carbocycles. The van der Waals surface area contributed by atoms with Crippen LogP contribution in [-0.4, -0.2) is 25.2 Å². The molecule has 136 valence electrons. The Morgan fingerprint density at radius 2 is 1.85 bits per heavy atom. The summed E-state index contributed by atoms with van der Waals surface area (Å²) in [6.45, 7) is 4.22. The van der Waals surface area contributed by atoms with E-state index in [0.29, 0.717) is 0 Å². The van der Waals surface area contributed by atoms with Crippen LogP contribution in [0.4, 0.5) is 0 Å². The van der Waals surface area contributed by atoms with Gasteiger partial charge in [-0.05, 0) is 38.1 Å². The maximum absolute atomic E-state index is 12.5. The molecule has 1 atom stereocenters. The molecule has 2 heterocycles. The molecule has 0 spiro atoms. The molecule has 0 fully saturated rings. The Kier molecular flexibility index (Phi) is 4.46. The summed E-state index contributed by atoms with van der Waals surface area (Å²) in [7, 11) is 0. The highest BCUT2D eigenvalue weighted by molar-refractivity contribution is 5.80. The highest BCUT2D eigenvalue weighted by Crippen LogP contribution is 2.20. The Hall–Kier alpha value is -3.41. The SMILES string of the molecule is Cc1c(C(C)NC(=O)Cn2cnc3ccccc32)cnn1-c1ccccc1. The van der Waals surface area contributed by atoms with E-state index in [0.717, 1.165) is 28.0 Å². The van der Waals surface area contributed by atoms with Gasteiger partial charge < -0.3 is 9.88 Å². The topological polar surface area (TPSA) is 64.7 Å². The molecule has 6 nitrogen and oxygen atoms in total. The van der Waals surface area contributed by atoms with Gasteiger partial charge in [0.15, 0.2) is 0 Å². The number of carbonyl (C=O) groups excluding carboxylic acids is 1. The monoisotopic (exact) mass is 359 g/mol. The van der Waals surface area contributed by atoms with E-state index >= 15 is 0 Å². The van der Waals surface area contributed by atoms with Crippen LogP contribution >= 0.6 is 0 Å². The average Bonchev–Trinajstić information content (AvgIpc) is 3.26. The van der Waals surface area contributed by atoms with Crippen LogP contribution in [0.25, 0.3) is 16.7 Å². The maximum atomic E-state index is 12.5. The number of rotatable bonds is 5. The van der Waals surface area contributed by atoms with Gasteiger partial charge in [0.05, 0.1) is 35.3 Å². The van der Waals surface area contributed by atoms with Gasteiger partial charge in [-0.25, -0.2) is 9.67 Å². The van der Waals surface area contributed by atoms with Gasteiger partial charge in [0.25, 0.3) is 0 Å². The first-order valence-corrected chi connectivity index (χ1v) is 8.92. The second kappa shape index (κ2) is 7.07. The molecule has 4 aromatic rings. The van der Waals surface area contributed by atoms with Gasteiger partial charge in [0.1, 0.15) is 6.54 Å². The van der Waals surface area contributed by atoms with Crippen LogP contribution in [0.2, 0.25) is 0 Å². The van der Waals surface area contributed by atoms with Crippen molar-refractivity contribution < 1.29 is 4.79 Å². The van der Waals surface area contributed by atoms with Gasteiger partial charge in [0, 0.05) is 11.3 Å². The molecule has 0 radical (unpaired) electrons. The Balaban J connectivity index is 1.48. The van der Waals surface area contributed by atoms with Gasteiger partial charge in [-0.15, -0.1) is 0 Å². The summed E-state index contributed by atoms with van der Waals surface area (Å²) in [5, 5.41) is 7.55. The zero-order chi connectivity index (χ0) is 18.8. The van der Waals surface area contributed by atoms with E-state index in [2.05, 4.69) is 15.4 Å². The summed E-state index contributed by atoms with van der Waals surface area (Å²) in [4.78, 5) is 16.9. The molecule has 0 aliphatic carbocycles. The lowest BCUT2D eigenvalue weighted by Crippen LogP contribution is -2.30. The Morgan fingerprint density at radius 1 is 1.11 bits per heavy atom. The molecule has 0 saturated carbocycles. The number of hydrogen-bond donors (Lipinski definition) is 1. The molecule has 4 rings (SSSR count). The summed E-state index contributed by atoms with van der Waals surface area (Å²) in [5.41, 5.74) is 4.86. The van der Waals surface area contributed by atoms with E-state index in [1.54, 1.807) is 6.33 Å². The van der Waals surface area contributed by atoms with Crippen molar-refractivity contribution in [3.8, 4) is 5.69 Å². The number of nitrogens with zero attached hydrogens (tertiary/aromatic N) is 4. The second-order valence-corrected chi connectivity index (χ2v) is 6.58. The molecule has 0 saturated heterocycles. The fourth-order valence-electron chi connectivity index (χ4n) is 3.33. The normalized spacial score (nSPS) is 12.2. The summed E-state index contributed by atoms with van der Waals surface area (Å²) in [6.07, 6.45) is 3.52. The molecular formula is C21H21N5O. The molecule has 0 bridgehead atoms. The third-order valence-corrected chi connectivity index (χ3v) is 4.73. The molecule has 0 aliphatic rings. The Morgan fingerprint density at radius 3 is 2.67 bits per heavy atom. The van der Waals surface area contributed by atoms with E-state index in [-0.39, 0.29) is 18.5 Å². The Labute approximate surface area is 157 Å². The van der Waals surface area contributed by atoms with Gasteiger partial charge in [0.2, 0.25) is 5.91 Å². The lowest BCUT2D eigenvalue weighted by atomic mass is 10.1. The number of aromatic nitrogens is 4. The maximum Gasteiger partial charge on any atom is 0.240 e. The van der Waals surface area contributed by atoms with E-state index < -0.39 is 0 Å². The van der Waals surface area contributed by atoms with Gasteiger partial charge in [-0.2, -0.15) is 5.10 Å². The van der Waals surface area contributed by atoms with Crippen molar-refractivity contribution in [3.05, 3.63) is 78.4 Å². The van der Waals surface area contributed by atoms with Crippen molar-refractivity contribution in [1.82, 2.24) is 24.6 Å². The van der Waals surface area contributed by atoms with Gasteiger partial charge >= 0.3 is 0 Å². The number of para-hydroxylation sites is 3. The molecule has 1 amide bonds. The van der Waals surface area contributed by atoms with Crippen LogP contribution in [0.1, 0.15) is 24.2 Å². The third-order valence-electron chi connectivity index (χ3n) is 4.73. The summed E-state index contributed by atoms with van der Waals surface area (Å²) < 4.78 is 3.75. The fraction of sp³-hybridized carbons (Fsp3) is 0.190. The van der Waals surface area contributed by atoms with E-state index in [9.17, 15) is 4.79 Å². The molecule has 6 heteroatoms. The number of nitrogens with one attached hydrogen (secondary N) is 1. The van der Waals surface area contributed by atoms with Crippen molar-refractivity contribution in [2.24, 2.45) is 0 Å². The summed E-state index contributed by atoms with van der Waals surface area (Å²) >= 11 is 0. The van der Waals surface area contributed by atoms with Gasteiger partial charge in [-0.3, -0.25) is 4.79 Å². The minimum Gasteiger partial charge on any atom is -0.348 e. The fourth-order valence-corrected chi connectivity index (χ4v) is 3.33. The van der Waals surface area contributed by atoms with E-state index in [4.69, 9.17) is 0 Å². The molecule has 1 unspecified atom stereocenters. The second-order valence-electron chi connectivity index (χ2n) is 6.58. The number of hydrogen-bond acceptors (Lipinski definition) is 3. The predicted octanol–water partition coefficient (Wildman–Crippen LogP) is 3.41. The van der Waals surface area contributed by atoms with Crippen molar-refractivity contribution in [2.75, 3.05) is 0 Å². The lowest BCUT2D eigenvalue weighted by Gasteiger charge is -2.15. The number of carbonyl (C=O) groups is 1. The lowest BCUT2D eigenvalue weighted by molar-refractivity contribution is -0.122. The highest BCUT2D eigenvalue weighted by Gasteiger charge is 2.17. The van der Waals surface area contributed by atoms with E-state index in [1.165, 1.54) is 0 Å². The quantitative estimate of drug-likeness (QED) is 0.594. The number of imidazole rings is 1. The molecule has 0 aliphatic heterocycles. The summed E-state index contributed by atoms with van der Waals surface area (Å²) in [6, 6.07) is 17.6. The molecule has 2 aromatic heterocycles. The van der Waals surface area contributed by atoms with E-state index in [1.807, 2.05) is 83.9 Å². The molecular weight excluding hydrogens is 338 g/mol. The summed E-state index contributed by atoms with van der Waals surface area (Å²) in [5.74, 6) is -0.0579. The number of benzene rings is 2. The number of fused-ring (bicyclic) bond motifs is 1. The zero-order valence-corrected chi connectivity index (χ0v) is 15.3. The predicted molar refractivity (Wildman–Crippen MR) is 105 cm³/mol. The third kappa shape index (κ3) is 3.33. The average molecular weight is 359 g/mol. The smallest absolute Gasteiger partial charge is 0.240 e. The standard InChI is InChI=1S/C21H21N5O/c1-15(18-12-23-26(16(18)2)17-8-4-3-5-9-17)24-21(27)13-25-14-22-19-10-6-7-11-20(19)25/h3-12,14-15H,13H2,1-2H3,(H,24,27). The first-order valence-electron chi connectivity index (χ1n) is 8.92. The van der Waals surface area contributed by atoms with Crippen molar-refractivity contribution in [3.63, 3.8) is 0 Å². The minimum absolute atomic E-state index is 0.0579. The zero-order valence-electron chi connectivity index (χ0n) is 15.3. The highest BCUT2D eigenvalue weighted by atomic mass is 16.2. The molecule has 1 N–H and O–H groups in total. The number of amides is 1. The van der Waals surface area contributed by atoms with Crippen LogP contribution in [-0.2, 0) is 11.3 Å². The Bertz CT molecular complexity index is 1080. The van der Waals surface area contributed by atoms with Crippen LogP contribution in [0.3, 0.4) is 0 Å².